The minimum absolute atomic E-state index is 0.0111. The largest absolute Gasteiger partial charge is 0.477 e. The fourth-order valence-corrected chi connectivity index (χ4v) is 2.11. The summed E-state index contributed by atoms with van der Waals surface area (Å²) in [6, 6.07) is 13.2. The average molecular weight is 351 g/mol. The van der Waals surface area contributed by atoms with Crippen LogP contribution in [0.5, 0.6) is 5.75 Å². The van der Waals surface area contributed by atoms with Gasteiger partial charge in [0.1, 0.15) is 5.69 Å². The summed E-state index contributed by atoms with van der Waals surface area (Å²) in [5.74, 6) is -0.551. The molecule has 0 saturated carbocycles. The maximum Gasteiger partial charge on any atom is 0.310 e. The molecule has 0 atom stereocenters. The van der Waals surface area contributed by atoms with E-state index < -0.39 is 17.4 Å². The van der Waals surface area contributed by atoms with E-state index in [1.165, 1.54) is 30.6 Å². The van der Waals surface area contributed by atoms with Gasteiger partial charge in [0.05, 0.1) is 28.4 Å². The molecule has 1 N–H and O–H groups in total. The number of nitro benzene ring substituents is 1. The minimum atomic E-state index is -0.580. The predicted octanol–water partition coefficient (Wildman–Crippen LogP) is 2.07. The second kappa shape index (κ2) is 7.79. The first kappa shape index (κ1) is 17.0. The van der Waals surface area contributed by atoms with Gasteiger partial charge < -0.3 is 4.74 Å². The van der Waals surface area contributed by atoms with Gasteiger partial charge in [-0.1, -0.05) is 24.3 Å². The van der Waals surface area contributed by atoms with Gasteiger partial charge in [-0.15, -0.1) is 0 Å². The first-order valence-corrected chi connectivity index (χ1v) is 7.53. The van der Waals surface area contributed by atoms with E-state index in [4.69, 9.17) is 4.74 Å². The SMILES string of the molecule is O=C(COc1ccccc1[N+](=O)[O-])N/N=C\c1cnc2ccccc2n1. The summed E-state index contributed by atoms with van der Waals surface area (Å²) in [5, 5.41) is 14.7. The van der Waals surface area contributed by atoms with Crippen molar-refractivity contribution >= 4 is 28.8 Å². The zero-order valence-electron chi connectivity index (χ0n) is 13.4. The number of nitrogens with one attached hydrogen (secondary N) is 1. The number of carbonyl (C=O) groups is 1. The van der Waals surface area contributed by atoms with Crippen LogP contribution in [0.15, 0.2) is 59.8 Å². The Kier molecular flexibility index (Phi) is 5.08. The number of hydrazone groups is 1. The molecule has 0 fully saturated rings. The lowest BCUT2D eigenvalue weighted by Crippen LogP contribution is -2.24. The van der Waals surface area contributed by atoms with Gasteiger partial charge in [-0.2, -0.15) is 5.10 Å². The molecule has 0 bridgehead atoms. The Bertz CT molecular complexity index is 990. The zero-order valence-corrected chi connectivity index (χ0v) is 13.4. The van der Waals surface area contributed by atoms with Gasteiger partial charge in [-0.3, -0.25) is 19.9 Å². The molecule has 130 valence electrons. The molecule has 0 unspecified atom stereocenters. The third-order valence-electron chi connectivity index (χ3n) is 3.27. The van der Waals surface area contributed by atoms with Crippen LogP contribution in [0, 0.1) is 10.1 Å². The number of para-hydroxylation sites is 4. The average Bonchev–Trinajstić information content (AvgIpc) is 2.66. The quantitative estimate of drug-likeness (QED) is 0.412. The number of hydrogen-bond acceptors (Lipinski definition) is 7. The number of aromatic nitrogens is 2. The first-order valence-electron chi connectivity index (χ1n) is 7.53. The lowest BCUT2D eigenvalue weighted by atomic mass is 10.3. The van der Waals surface area contributed by atoms with Crippen LogP contribution in [-0.4, -0.2) is 33.6 Å². The van der Waals surface area contributed by atoms with Crippen molar-refractivity contribution in [3.8, 4) is 5.75 Å². The van der Waals surface area contributed by atoms with Crippen LogP contribution < -0.4 is 10.2 Å². The zero-order chi connectivity index (χ0) is 18.4. The fraction of sp³-hybridized carbons (Fsp3) is 0.0588. The highest BCUT2D eigenvalue weighted by Crippen LogP contribution is 2.25. The van der Waals surface area contributed by atoms with Gasteiger partial charge in [0.2, 0.25) is 0 Å². The number of carbonyl (C=O) groups excluding carboxylic acids is 1. The van der Waals surface area contributed by atoms with E-state index in [0.717, 1.165) is 5.52 Å². The van der Waals surface area contributed by atoms with Crippen LogP contribution in [0.2, 0.25) is 0 Å². The highest BCUT2D eigenvalue weighted by Gasteiger charge is 2.14. The first-order chi connectivity index (χ1) is 12.6. The smallest absolute Gasteiger partial charge is 0.310 e. The Labute approximate surface area is 147 Å². The summed E-state index contributed by atoms with van der Waals surface area (Å²) in [6.45, 7) is -0.411. The molecule has 0 radical (unpaired) electrons. The van der Waals surface area contributed by atoms with Crippen LogP contribution in [-0.2, 0) is 4.79 Å². The molecule has 0 aliphatic heterocycles. The van der Waals surface area contributed by atoms with Crippen LogP contribution >= 0.6 is 0 Å². The lowest BCUT2D eigenvalue weighted by molar-refractivity contribution is -0.385. The van der Waals surface area contributed by atoms with Crippen LogP contribution in [0.4, 0.5) is 5.69 Å². The number of ether oxygens (including phenoxy) is 1. The Morgan fingerprint density at radius 1 is 1.19 bits per heavy atom. The Balaban J connectivity index is 1.56. The number of hydrogen-bond donors (Lipinski definition) is 1. The standard InChI is InChI=1S/C17H13N5O4/c23-17(11-26-16-8-4-3-7-15(16)22(24)25)21-19-10-12-9-18-13-5-1-2-6-14(13)20-12/h1-10H,11H2,(H,21,23)/b19-10-. The van der Waals surface area contributed by atoms with Crippen LogP contribution in [0.3, 0.4) is 0 Å². The number of rotatable bonds is 6. The molecular weight excluding hydrogens is 338 g/mol. The minimum Gasteiger partial charge on any atom is -0.477 e. The van der Waals surface area contributed by atoms with E-state index in [1.54, 1.807) is 6.07 Å². The molecule has 9 heteroatoms. The third-order valence-corrected chi connectivity index (χ3v) is 3.27. The molecule has 1 amide bonds. The Morgan fingerprint density at radius 2 is 1.92 bits per heavy atom. The highest BCUT2D eigenvalue weighted by atomic mass is 16.6. The number of amides is 1. The molecule has 0 aliphatic carbocycles. The van der Waals surface area contributed by atoms with Crippen LogP contribution in [0.1, 0.15) is 5.69 Å². The van der Waals surface area contributed by atoms with Crippen molar-refractivity contribution in [1.29, 1.82) is 0 Å². The number of benzene rings is 2. The van der Waals surface area contributed by atoms with Gasteiger partial charge in [0.15, 0.2) is 12.4 Å². The maximum atomic E-state index is 11.7. The van der Waals surface area contributed by atoms with Gasteiger partial charge in [0.25, 0.3) is 5.91 Å². The van der Waals surface area contributed by atoms with E-state index in [0.29, 0.717) is 11.2 Å². The van der Waals surface area contributed by atoms with E-state index in [2.05, 4.69) is 20.5 Å². The molecule has 3 rings (SSSR count). The van der Waals surface area contributed by atoms with Gasteiger partial charge in [-0.25, -0.2) is 10.4 Å². The van der Waals surface area contributed by atoms with Gasteiger partial charge in [0, 0.05) is 6.07 Å². The predicted molar refractivity (Wildman–Crippen MR) is 93.9 cm³/mol. The van der Waals surface area contributed by atoms with Crippen molar-refractivity contribution in [2.24, 2.45) is 5.10 Å². The second-order valence-corrected chi connectivity index (χ2v) is 5.09. The van der Waals surface area contributed by atoms with Crippen LogP contribution in [0.25, 0.3) is 11.0 Å². The van der Waals surface area contributed by atoms with Crippen molar-refractivity contribution in [2.75, 3.05) is 6.61 Å². The van der Waals surface area contributed by atoms with E-state index in [-0.39, 0.29) is 11.4 Å². The van der Waals surface area contributed by atoms with Gasteiger partial charge >= 0.3 is 5.69 Å². The lowest BCUT2D eigenvalue weighted by Gasteiger charge is -2.05. The Hall–Kier alpha value is -3.88. The maximum absolute atomic E-state index is 11.7. The molecule has 1 heterocycles. The van der Waals surface area contributed by atoms with Gasteiger partial charge in [-0.05, 0) is 18.2 Å². The number of nitrogens with zero attached hydrogens (tertiary/aromatic N) is 4. The number of fused-ring (bicyclic) bond motifs is 1. The summed E-state index contributed by atoms with van der Waals surface area (Å²) < 4.78 is 5.17. The van der Waals surface area contributed by atoms with E-state index >= 15 is 0 Å². The molecular formula is C17H13N5O4. The molecule has 3 aromatic rings. The Morgan fingerprint density at radius 3 is 2.73 bits per heavy atom. The third kappa shape index (κ3) is 4.15. The van der Waals surface area contributed by atoms with Crippen molar-refractivity contribution in [3.05, 3.63) is 70.5 Å². The monoisotopic (exact) mass is 351 g/mol. The molecule has 0 saturated heterocycles. The fourth-order valence-electron chi connectivity index (χ4n) is 2.11. The van der Waals surface area contributed by atoms with Crippen molar-refractivity contribution in [2.45, 2.75) is 0 Å². The van der Waals surface area contributed by atoms with E-state index in [9.17, 15) is 14.9 Å². The summed E-state index contributed by atoms with van der Waals surface area (Å²) in [6.07, 6.45) is 2.88. The molecule has 9 nitrogen and oxygen atoms in total. The highest BCUT2D eigenvalue weighted by molar-refractivity contribution is 5.84. The molecule has 0 aliphatic rings. The van der Waals surface area contributed by atoms with E-state index in [1.807, 2.05) is 24.3 Å². The number of nitro groups is 1. The summed E-state index contributed by atoms with van der Waals surface area (Å²) >= 11 is 0. The summed E-state index contributed by atoms with van der Waals surface area (Å²) in [4.78, 5) is 30.6. The molecule has 26 heavy (non-hydrogen) atoms. The van der Waals surface area contributed by atoms with Crippen molar-refractivity contribution in [1.82, 2.24) is 15.4 Å². The summed E-state index contributed by atoms with van der Waals surface area (Å²) in [5.41, 5.74) is 4.00. The topological polar surface area (TPSA) is 120 Å². The molecule has 0 spiro atoms. The molecule has 1 aromatic heterocycles. The second-order valence-electron chi connectivity index (χ2n) is 5.09. The molecule has 2 aromatic carbocycles. The van der Waals surface area contributed by atoms with Crippen molar-refractivity contribution < 1.29 is 14.5 Å². The summed E-state index contributed by atoms with van der Waals surface area (Å²) in [7, 11) is 0. The normalized spacial score (nSPS) is 10.8. The van der Waals surface area contributed by atoms with Crippen molar-refractivity contribution in [3.63, 3.8) is 0 Å².